The lowest BCUT2D eigenvalue weighted by Gasteiger charge is -2.35. The number of benzene rings is 1. The van der Waals surface area contributed by atoms with Gasteiger partial charge in [0.2, 0.25) is 0 Å². The molecule has 0 aromatic heterocycles. The van der Waals surface area contributed by atoms with Crippen molar-refractivity contribution in [1.82, 2.24) is 5.32 Å². The van der Waals surface area contributed by atoms with Gasteiger partial charge in [-0.3, -0.25) is 5.32 Å². The SMILES string of the molecule is OCC1CCCCC1NC(c1ccccc1)C(F)(F)F. The summed E-state index contributed by atoms with van der Waals surface area (Å²) in [6.45, 7) is -0.0585. The number of halogens is 3. The molecule has 2 N–H and O–H groups in total. The van der Waals surface area contributed by atoms with Crippen molar-refractivity contribution < 1.29 is 18.3 Å². The zero-order valence-electron chi connectivity index (χ0n) is 11.2. The van der Waals surface area contributed by atoms with Gasteiger partial charge in [-0.15, -0.1) is 0 Å². The van der Waals surface area contributed by atoms with E-state index in [1.54, 1.807) is 18.2 Å². The van der Waals surface area contributed by atoms with E-state index in [4.69, 9.17) is 0 Å². The van der Waals surface area contributed by atoms with E-state index in [0.29, 0.717) is 6.42 Å². The van der Waals surface area contributed by atoms with E-state index in [0.717, 1.165) is 19.3 Å². The first-order chi connectivity index (χ1) is 9.52. The standard InChI is InChI=1S/C15H20F3NO/c16-15(17,18)14(11-6-2-1-3-7-11)19-13-9-5-4-8-12(13)10-20/h1-3,6-7,12-14,19-20H,4-5,8-10H2. The Morgan fingerprint density at radius 2 is 1.80 bits per heavy atom. The van der Waals surface area contributed by atoms with Crippen molar-refractivity contribution in [3.63, 3.8) is 0 Å². The van der Waals surface area contributed by atoms with E-state index < -0.39 is 12.2 Å². The Kier molecular flexibility index (Phi) is 5.05. The van der Waals surface area contributed by atoms with E-state index in [-0.39, 0.29) is 24.1 Å². The quantitative estimate of drug-likeness (QED) is 0.889. The lowest BCUT2D eigenvalue weighted by atomic mass is 9.84. The predicted molar refractivity (Wildman–Crippen MR) is 71.2 cm³/mol. The van der Waals surface area contributed by atoms with Gasteiger partial charge in [-0.25, -0.2) is 0 Å². The fraction of sp³-hybridized carbons (Fsp3) is 0.600. The van der Waals surface area contributed by atoms with E-state index in [9.17, 15) is 18.3 Å². The smallest absolute Gasteiger partial charge is 0.396 e. The summed E-state index contributed by atoms with van der Waals surface area (Å²) in [5, 5.41) is 12.1. The Morgan fingerprint density at radius 3 is 2.40 bits per heavy atom. The monoisotopic (exact) mass is 287 g/mol. The van der Waals surface area contributed by atoms with Gasteiger partial charge in [-0.05, 0) is 24.3 Å². The molecule has 0 radical (unpaired) electrons. The fourth-order valence-corrected chi connectivity index (χ4v) is 2.88. The second kappa shape index (κ2) is 6.59. The maximum absolute atomic E-state index is 13.3. The fourth-order valence-electron chi connectivity index (χ4n) is 2.88. The van der Waals surface area contributed by atoms with Gasteiger partial charge in [-0.2, -0.15) is 13.2 Å². The lowest BCUT2D eigenvalue weighted by Crippen LogP contribution is -2.46. The van der Waals surface area contributed by atoms with Crippen LogP contribution in [0.4, 0.5) is 13.2 Å². The zero-order valence-corrected chi connectivity index (χ0v) is 11.2. The van der Waals surface area contributed by atoms with E-state index >= 15 is 0 Å². The van der Waals surface area contributed by atoms with Gasteiger partial charge >= 0.3 is 6.18 Å². The highest BCUT2D eigenvalue weighted by molar-refractivity contribution is 5.20. The Balaban J connectivity index is 2.16. The molecule has 1 saturated carbocycles. The summed E-state index contributed by atoms with van der Waals surface area (Å²) in [6, 6.07) is 5.96. The second-order valence-corrected chi connectivity index (χ2v) is 5.39. The molecular formula is C15H20F3NO. The molecule has 0 spiro atoms. The third-order valence-corrected chi connectivity index (χ3v) is 3.98. The van der Waals surface area contributed by atoms with Crippen LogP contribution < -0.4 is 5.32 Å². The second-order valence-electron chi connectivity index (χ2n) is 5.39. The molecule has 0 heterocycles. The minimum absolute atomic E-state index is 0.0585. The summed E-state index contributed by atoms with van der Waals surface area (Å²) >= 11 is 0. The van der Waals surface area contributed by atoms with Crippen LogP contribution in [0.2, 0.25) is 0 Å². The summed E-state index contributed by atoms with van der Waals surface area (Å²) < 4.78 is 39.8. The lowest BCUT2D eigenvalue weighted by molar-refractivity contribution is -0.161. The number of aliphatic hydroxyl groups excluding tert-OH is 1. The van der Waals surface area contributed by atoms with Crippen molar-refractivity contribution in [3.8, 4) is 0 Å². The molecule has 3 unspecified atom stereocenters. The number of aliphatic hydroxyl groups is 1. The van der Waals surface area contributed by atoms with Crippen LogP contribution in [0.1, 0.15) is 37.3 Å². The summed E-state index contributed by atoms with van der Waals surface area (Å²) in [4.78, 5) is 0. The predicted octanol–water partition coefficient (Wildman–Crippen LogP) is 3.43. The highest BCUT2D eigenvalue weighted by Crippen LogP contribution is 2.35. The third-order valence-electron chi connectivity index (χ3n) is 3.98. The first-order valence-electron chi connectivity index (χ1n) is 7.01. The van der Waals surface area contributed by atoms with Gasteiger partial charge in [0.1, 0.15) is 6.04 Å². The Morgan fingerprint density at radius 1 is 1.15 bits per heavy atom. The van der Waals surface area contributed by atoms with E-state index in [2.05, 4.69) is 5.32 Å². The van der Waals surface area contributed by atoms with Gasteiger partial charge in [0.05, 0.1) is 0 Å². The van der Waals surface area contributed by atoms with Crippen LogP contribution in [-0.4, -0.2) is 23.9 Å². The molecule has 1 aliphatic rings. The molecule has 2 rings (SSSR count). The van der Waals surface area contributed by atoms with Gasteiger partial charge in [0.15, 0.2) is 0 Å². The average Bonchev–Trinajstić information content (AvgIpc) is 2.45. The Bertz CT molecular complexity index is 407. The largest absolute Gasteiger partial charge is 0.407 e. The minimum Gasteiger partial charge on any atom is -0.396 e. The zero-order chi connectivity index (χ0) is 14.6. The summed E-state index contributed by atoms with van der Waals surface area (Å²) in [5.74, 6) is -0.0858. The van der Waals surface area contributed by atoms with Crippen molar-refractivity contribution in [2.75, 3.05) is 6.61 Å². The number of hydrogen-bond acceptors (Lipinski definition) is 2. The maximum Gasteiger partial charge on any atom is 0.407 e. The molecule has 3 atom stereocenters. The summed E-state index contributed by atoms with van der Waals surface area (Å²) in [5.41, 5.74) is 0.224. The van der Waals surface area contributed by atoms with Crippen LogP contribution in [0.3, 0.4) is 0 Å². The first-order valence-corrected chi connectivity index (χ1v) is 7.01. The molecule has 1 aromatic carbocycles. The van der Waals surface area contributed by atoms with Crippen LogP contribution in [0.5, 0.6) is 0 Å². The Labute approximate surface area is 117 Å². The van der Waals surface area contributed by atoms with Gasteiger partial charge in [0, 0.05) is 12.6 Å². The maximum atomic E-state index is 13.3. The topological polar surface area (TPSA) is 32.3 Å². The average molecular weight is 287 g/mol. The van der Waals surface area contributed by atoms with Crippen LogP contribution in [-0.2, 0) is 0 Å². The number of rotatable bonds is 4. The van der Waals surface area contributed by atoms with E-state index in [1.165, 1.54) is 12.1 Å². The van der Waals surface area contributed by atoms with Crippen LogP contribution in [0.15, 0.2) is 30.3 Å². The minimum atomic E-state index is -4.33. The van der Waals surface area contributed by atoms with Crippen LogP contribution >= 0.6 is 0 Å². The molecule has 0 amide bonds. The van der Waals surface area contributed by atoms with Crippen molar-refractivity contribution in [2.45, 2.75) is 43.9 Å². The van der Waals surface area contributed by atoms with E-state index in [1.807, 2.05) is 0 Å². The summed E-state index contributed by atoms with van der Waals surface area (Å²) in [7, 11) is 0. The molecule has 0 bridgehead atoms. The summed E-state index contributed by atoms with van der Waals surface area (Å²) in [6.07, 6.45) is -0.976. The molecule has 5 heteroatoms. The molecule has 0 saturated heterocycles. The molecule has 112 valence electrons. The molecule has 1 aliphatic carbocycles. The van der Waals surface area contributed by atoms with Gasteiger partial charge in [-0.1, -0.05) is 43.2 Å². The highest BCUT2D eigenvalue weighted by Gasteiger charge is 2.42. The Hall–Kier alpha value is -1.07. The normalized spacial score (nSPS) is 25.4. The van der Waals surface area contributed by atoms with Crippen molar-refractivity contribution in [2.24, 2.45) is 5.92 Å². The van der Waals surface area contributed by atoms with Crippen LogP contribution in [0, 0.1) is 5.92 Å². The number of nitrogens with one attached hydrogen (secondary N) is 1. The molecule has 1 aromatic rings. The molecule has 0 aliphatic heterocycles. The van der Waals surface area contributed by atoms with Crippen molar-refractivity contribution >= 4 is 0 Å². The first kappa shape index (κ1) is 15.3. The van der Waals surface area contributed by atoms with Crippen LogP contribution in [0.25, 0.3) is 0 Å². The highest BCUT2D eigenvalue weighted by atomic mass is 19.4. The number of hydrogen-bond donors (Lipinski definition) is 2. The van der Waals surface area contributed by atoms with Crippen molar-refractivity contribution in [1.29, 1.82) is 0 Å². The number of alkyl halides is 3. The molecule has 20 heavy (non-hydrogen) atoms. The third kappa shape index (κ3) is 3.73. The van der Waals surface area contributed by atoms with Gasteiger partial charge < -0.3 is 5.11 Å². The molecule has 1 fully saturated rings. The molecular weight excluding hydrogens is 267 g/mol. The molecule has 2 nitrogen and oxygen atoms in total. The van der Waals surface area contributed by atoms with Crippen molar-refractivity contribution in [3.05, 3.63) is 35.9 Å². The van der Waals surface area contributed by atoms with Gasteiger partial charge in [0.25, 0.3) is 0 Å².